The highest BCUT2D eigenvalue weighted by atomic mass is 35.5. The molecule has 0 atom stereocenters. The number of halogens is 3. The van der Waals surface area contributed by atoms with E-state index in [-0.39, 0.29) is 41.5 Å². The van der Waals surface area contributed by atoms with Crippen LogP contribution in [-0.4, -0.2) is 42.2 Å². The van der Waals surface area contributed by atoms with Crippen LogP contribution in [0.5, 0.6) is 5.75 Å². The van der Waals surface area contributed by atoms with Gasteiger partial charge in [0.25, 0.3) is 5.91 Å². The zero-order valence-corrected chi connectivity index (χ0v) is 12.9. The average Bonchev–Trinajstić information content (AvgIpc) is 2.41. The summed E-state index contributed by atoms with van der Waals surface area (Å²) in [4.78, 5) is 13.3. The fraction of sp³-hybridized carbons (Fsp3) is 0.308. The molecule has 0 heterocycles. The first-order valence-electron chi connectivity index (χ1n) is 5.76. The molecule has 0 saturated heterocycles. The van der Waals surface area contributed by atoms with Gasteiger partial charge in [-0.1, -0.05) is 40.9 Å². The van der Waals surface area contributed by atoms with Crippen molar-refractivity contribution in [2.45, 2.75) is 0 Å². The minimum absolute atomic E-state index is 0.132. The predicted molar refractivity (Wildman–Crippen MR) is 80.8 cm³/mol. The first-order valence-corrected chi connectivity index (χ1v) is 6.89. The molecule has 0 saturated carbocycles. The first kappa shape index (κ1) is 17.1. The van der Waals surface area contributed by atoms with Crippen LogP contribution >= 0.6 is 34.8 Å². The van der Waals surface area contributed by atoms with Gasteiger partial charge in [0.2, 0.25) is 0 Å². The predicted octanol–water partition coefficient (Wildman–Crippen LogP) is 3.03. The number of aliphatic hydroxyl groups excluding tert-OH is 1. The maximum atomic E-state index is 11.9. The van der Waals surface area contributed by atoms with E-state index in [2.05, 4.69) is 6.58 Å². The molecule has 1 N–H and O–H groups in total. The van der Waals surface area contributed by atoms with E-state index in [1.165, 1.54) is 17.0 Å². The van der Waals surface area contributed by atoms with E-state index < -0.39 is 0 Å². The van der Waals surface area contributed by atoms with Crippen molar-refractivity contribution >= 4 is 40.7 Å². The molecule has 0 fully saturated rings. The van der Waals surface area contributed by atoms with Crippen molar-refractivity contribution < 1.29 is 14.6 Å². The number of benzene rings is 1. The van der Waals surface area contributed by atoms with Crippen LogP contribution in [0.3, 0.4) is 0 Å². The summed E-state index contributed by atoms with van der Waals surface area (Å²) < 4.78 is 5.33. The van der Waals surface area contributed by atoms with E-state index in [0.29, 0.717) is 11.6 Å². The van der Waals surface area contributed by atoms with Crippen LogP contribution in [0.2, 0.25) is 15.1 Å². The second kappa shape index (κ2) is 8.37. The van der Waals surface area contributed by atoms with Crippen molar-refractivity contribution in [2.75, 3.05) is 26.3 Å². The summed E-state index contributed by atoms with van der Waals surface area (Å²) in [6, 6.07) is 2.89. The van der Waals surface area contributed by atoms with Crippen LogP contribution in [0, 0.1) is 0 Å². The van der Waals surface area contributed by atoms with E-state index in [0.717, 1.165) is 0 Å². The minimum Gasteiger partial charge on any atom is -0.482 e. The highest BCUT2D eigenvalue weighted by Gasteiger charge is 2.14. The summed E-state index contributed by atoms with van der Waals surface area (Å²) in [6.45, 7) is 3.74. The Morgan fingerprint density at radius 3 is 2.55 bits per heavy atom. The van der Waals surface area contributed by atoms with Gasteiger partial charge in [-0.25, -0.2) is 0 Å². The molecule has 110 valence electrons. The van der Waals surface area contributed by atoms with Crippen molar-refractivity contribution in [1.29, 1.82) is 0 Å². The fourth-order valence-electron chi connectivity index (χ4n) is 1.44. The quantitative estimate of drug-likeness (QED) is 0.614. The van der Waals surface area contributed by atoms with Crippen LogP contribution in [0.1, 0.15) is 0 Å². The SMILES string of the molecule is C=CCN(CCO)C(=O)COc1cc(Cl)c(Cl)cc1Cl. The van der Waals surface area contributed by atoms with Crippen molar-refractivity contribution in [1.82, 2.24) is 4.90 Å². The number of carbonyl (C=O) groups excluding carboxylic acids is 1. The maximum absolute atomic E-state index is 11.9. The number of carbonyl (C=O) groups is 1. The number of hydrogen-bond acceptors (Lipinski definition) is 3. The molecule has 1 rings (SSSR count). The Morgan fingerprint density at radius 1 is 1.30 bits per heavy atom. The lowest BCUT2D eigenvalue weighted by atomic mass is 10.3. The van der Waals surface area contributed by atoms with Crippen LogP contribution in [0.15, 0.2) is 24.8 Å². The van der Waals surface area contributed by atoms with Crippen LogP contribution in [0.4, 0.5) is 0 Å². The maximum Gasteiger partial charge on any atom is 0.260 e. The number of aliphatic hydroxyl groups is 1. The van der Waals surface area contributed by atoms with Crippen LogP contribution < -0.4 is 4.74 Å². The van der Waals surface area contributed by atoms with Gasteiger partial charge < -0.3 is 14.7 Å². The molecule has 1 aromatic carbocycles. The Hall–Kier alpha value is -0.940. The number of rotatable bonds is 7. The van der Waals surface area contributed by atoms with Gasteiger partial charge in [-0.15, -0.1) is 6.58 Å². The highest BCUT2D eigenvalue weighted by Crippen LogP contribution is 2.33. The van der Waals surface area contributed by atoms with Crippen molar-refractivity contribution in [2.24, 2.45) is 0 Å². The summed E-state index contributed by atoms with van der Waals surface area (Å²) in [5.74, 6) is -0.0157. The molecule has 1 aromatic rings. The van der Waals surface area contributed by atoms with Gasteiger partial charge in [-0.05, 0) is 6.07 Å². The second-order valence-corrected chi connectivity index (χ2v) is 5.06. The van der Waals surface area contributed by atoms with Crippen LogP contribution in [-0.2, 0) is 4.79 Å². The summed E-state index contributed by atoms with van der Waals surface area (Å²) in [6.07, 6.45) is 1.57. The lowest BCUT2D eigenvalue weighted by molar-refractivity contribution is -0.133. The van der Waals surface area contributed by atoms with Gasteiger partial charge in [-0.3, -0.25) is 4.79 Å². The lowest BCUT2D eigenvalue weighted by Gasteiger charge is -2.20. The van der Waals surface area contributed by atoms with Crippen molar-refractivity contribution in [3.05, 3.63) is 39.9 Å². The highest BCUT2D eigenvalue weighted by molar-refractivity contribution is 6.43. The van der Waals surface area contributed by atoms with E-state index in [1.54, 1.807) is 6.08 Å². The third-order valence-electron chi connectivity index (χ3n) is 2.40. The van der Waals surface area contributed by atoms with E-state index in [9.17, 15) is 4.79 Å². The van der Waals surface area contributed by atoms with Gasteiger partial charge in [0.1, 0.15) is 5.75 Å². The van der Waals surface area contributed by atoms with Crippen LogP contribution in [0.25, 0.3) is 0 Å². The summed E-state index contributed by atoms with van der Waals surface area (Å²) in [5.41, 5.74) is 0. The van der Waals surface area contributed by atoms with Gasteiger partial charge in [0.05, 0.1) is 21.7 Å². The molecule has 0 bridgehead atoms. The molecule has 0 unspecified atom stereocenters. The topological polar surface area (TPSA) is 49.8 Å². The van der Waals surface area contributed by atoms with E-state index in [1.807, 2.05) is 0 Å². The third-order valence-corrected chi connectivity index (χ3v) is 3.42. The molecule has 0 spiro atoms. The second-order valence-electron chi connectivity index (χ2n) is 3.84. The lowest BCUT2D eigenvalue weighted by Crippen LogP contribution is -2.37. The fourth-order valence-corrected chi connectivity index (χ4v) is 2.03. The van der Waals surface area contributed by atoms with Gasteiger partial charge in [0.15, 0.2) is 6.61 Å². The summed E-state index contributed by atoms with van der Waals surface area (Å²) in [5, 5.41) is 9.75. The Labute approximate surface area is 132 Å². The van der Waals surface area contributed by atoms with Crippen molar-refractivity contribution in [3.63, 3.8) is 0 Å². The molecular formula is C13H14Cl3NO3. The number of amides is 1. The molecule has 0 aliphatic rings. The van der Waals surface area contributed by atoms with Crippen molar-refractivity contribution in [3.8, 4) is 5.75 Å². The molecule has 0 aromatic heterocycles. The Kier molecular flexibility index (Phi) is 7.16. The molecule has 1 amide bonds. The smallest absolute Gasteiger partial charge is 0.260 e. The monoisotopic (exact) mass is 337 g/mol. The number of ether oxygens (including phenoxy) is 1. The molecule has 7 heteroatoms. The van der Waals surface area contributed by atoms with E-state index >= 15 is 0 Å². The summed E-state index contributed by atoms with van der Waals surface area (Å²) >= 11 is 17.6. The number of nitrogens with zero attached hydrogens (tertiary/aromatic N) is 1. The van der Waals surface area contributed by atoms with E-state index in [4.69, 9.17) is 44.6 Å². The van der Waals surface area contributed by atoms with Gasteiger partial charge in [0, 0.05) is 19.2 Å². The average molecular weight is 339 g/mol. The number of hydrogen-bond donors (Lipinski definition) is 1. The standard InChI is InChI=1S/C13H14Cl3NO3/c1-2-3-17(4-5-18)13(19)8-20-12-7-10(15)9(14)6-11(12)16/h2,6-7,18H,1,3-5,8H2. The minimum atomic E-state index is -0.291. The Balaban J connectivity index is 2.68. The zero-order valence-electron chi connectivity index (χ0n) is 10.6. The molecule has 0 radical (unpaired) electrons. The normalized spacial score (nSPS) is 10.2. The Bertz CT molecular complexity index is 494. The molecule has 0 aliphatic heterocycles. The molecular weight excluding hydrogens is 325 g/mol. The Morgan fingerprint density at radius 2 is 1.95 bits per heavy atom. The molecule has 0 aliphatic carbocycles. The van der Waals surface area contributed by atoms with Gasteiger partial charge in [-0.2, -0.15) is 0 Å². The first-order chi connectivity index (χ1) is 9.49. The third kappa shape index (κ3) is 4.87. The summed E-state index contributed by atoms with van der Waals surface area (Å²) in [7, 11) is 0. The molecule has 20 heavy (non-hydrogen) atoms. The molecule has 4 nitrogen and oxygen atoms in total. The largest absolute Gasteiger partial charge is 0.482 e. The van der Waals surface area contributed by atoms with Gasteiger partial charge >= 0.3 is 0 Å². The zero-order chi connectivity index (χ0) is 15.1.